The van der Waals surface area contributed by atoms with Crippen molar-refractivity contribution < 1.29 is 32.6 Å². The molecule has 1 aromatic carbocycles. The fraction of sp³-hybridized carbons (Fsp3) is 0.474. The van der Waals surface area contributed by atoms with Crippen molar-refractivity contribution in [2.45, 2.75) is 45.0 Å². The molecule has 9 heteroatoms. The van der Waals surface area contributed by atoms with Crippen LogP contribution < -0.4 is 9.64 Å². The minimum Gasteiger partial charge on any atom is -0.479 e. The van der Waals surface area contributed by atoms with Crippen LogP contribution in [-0.4, -0.2) is 28.9 Å². The summed E-state index contributed by atoms with van der Waals surface area (Å²) in [7, 11) is 0. The molecule has 0 aliphatic heterocycles. The number of anilines is 1. The van der Waals surface area contributed by atoms with Crippen LogP contribution in [0.2, 0.25) is 5.02 Å². The van der Waals surface area contributed by atoms with E-state index in [0.717, 1.165) is 29.5 Å². The van der Waals surface area contributed by atoms with E-state index in [-0.39, 0.29) is 30.4 Å². The van der Waals surface area contributed by atoms with Gasteiger partial charge >= 0.3 is 18.2 Å². The van der Waals surface area contributed by atoms with Gasteiger partial charge in [-0.1, -0.05) is 25.4 Å². The SMILES string of the molecule is C#CC(=O)N(c1ccc(OC(F)(F)F)c(Cl)c1)C1(C(=O)O)CC(C)CC(C)C1. The normalized spacial score (nSPS) is 24.9. The van der Waals surface area contributed by atoms with Crippen molar-refractivity contribution in [1.82, 2.24) is 0 Å². The number of hydrogen-bond acceptors (Lipinski definition) is 3. The molecule has 0 aromatic heterocycles. The number of hydrogen-bond donors (Lipinski definition) is 1. The molecule has 1 fully saturated rings. The quantitative estimate of drug-likeness (QED) is 0.733. The third kappa shape index (κ3) is 4.53. The molecule has 1 aliphatic rings. The summed E-state index contributed by atoms with van der Waals surface area (Å²) in [5.74, 6) is -0.909. The molecule has 2 unspecified atom stereocenters. The molecule has 0 heterocycles. The molecule has 1 N–H and O–H groups in total. The van der Waals surface area contributed by atoms with Gasteiger partial charge in [0.2, 0.25) is 0 Å². The average molecular weight is 418 g/mol. The van der Waals surface area contributed by atoms with Crippen LogP contribution in [0.25, 0.3) is 0 Å². The topological polar surface area (TPSA) is 66.8 Å². The Balaban J connectivity index is 2.57. The Morgan fingerprint density at radius 3 is 2.32 bits per heavy atom. The van der Waals surface area contributed by atoms with E-state index in [9.17, 15) is 27.9 Å². The van der Waals surface area contributed by atoms with Gasteiger partial charge in [-0.25, -0.2) is 4.79 Å². The molecule has 1 saturated carbocycles. The highest BCUT2D eigenvalue weighted by Gasteiger charge is 2.51. The fourth-order valence-corrected chi connectivity index (χ4v) is 4.22. The lowest BCUT2D eigenvalue weighted by atomic mass is 9.70. The molecule has 5 nitrogen and oxygen atoms in total. The Kier molecular flexibility index (Phi) is 6.19. The molecular formula is C19H19ClF3NO4. The summed E-state index contributed by atoms with van der Waals surface area (Å²) >= 11 is 5.89. The molecular weight excluding hydrogens is 399 g/mol. The largest absolute Gasteiger partial charge is 0.573 e. The van der Waals surface area contributed by atoms with Crippen LogP contribution in [0.4, 0.5) is 18.9 Å². The van der Waals surface area contributed by atoms with E-state index < -0.39 is 34.5 Å². The summed E-state index contributed by atoms with van der Waals surface area (Å²) < 4.78 is 41.2. The number of amides is 1. The van der Waals surface area contributed by atoms with Crippen molar-refractivity contribution in [1.29, 1.82) is 0 Å². The predicted octanol–water partition coefficient (Wildman–Crippen LogP) is 4.48. The Morgan fingerprint density at radius 1 is 1.32 bits per heavy atom. The zero-order valence-electron chi connectivity index (χ0n) is 15.2. The van der Waals surface area contributed by atoms with Crippen LogP contribution >= 0.6 is 11.6 Å². The number of carboxylic acid groups (broad SMARTS) is 1. The lowest BCUT2D eigenvalue weighted by molar-refractivity contribution is -0.274. The summed E-state index contributed by atoms with van der Waals surface area (Å²) in [4.78, 5) is 25.8. The average Bonchev–Trinajstić information content (AvgIpc) is 2.55. The van der Waals surface area contributed by atoms with Crippen molar-refractivity contribution in [3.8, 4) is 18.1 Å². The molecule has 0 radical (unpaired) electrons. The van der Waals surface area contributed by atoms with Gasteiger partial charge in [0.1, 0.15) is 11.3 Å². The first-order chi connectivity index (χ1) is 12.9. The first-order valence-electron chi connectivity index (χ1n) is 8.49. The number of rotatable bonds is 4. The maximum atomic E-state index is 12.5. The minimum atomic E-state index is -4.95. The van der Waals surface area contributed by atoms with Crippen molar-refractivity contribution in [2.75, 3.05) is 4.90 Å². The second-order valence-corrected chi connectivity index (χ2v) is 7.55. The zero-order valence-corrected chi connectivity index (χ0v) is 16.0. The van der Waals surface area contributed by atoms with Gasteiger partial charge in [-0.3, -0.25) is 9.69 Å². The molecule has 2 rings (SSSR count). The number of carbonyl (C=O) groups is 2. The van der Waals surface area contributed by atoms with Gasteiger partial charge in [0.25, 0.3) is 0 Å². The third-order valence-electron chi connectivity index (χ3n) is 4.73. The number of alkyl halides is 3. The van der Waals surface area contributed by atoms with Crippen LogP contribution in [0.1, 0.15) is 33.1 Å². The smallest absolute Gasteiger partial charge is 0.479 e. The first-order valence-corrected chi connectivity index (χ1v) is 8.87. The van der Waals surface area contributed by atoms with Crippen LogP contribution in [0.5, 0.6) is 5.75 Å². The third-order valence-corrected chi connectivity index (χ3v) is 5.02. The number of terminal acetylenes is 1. The number of nitrogens with zero attached hydrogens (tertiary/aromatic N) is 1. The van der Waals surface area contributed by atoms with Gasteiger partial charge in [0.05, 0.1) is 5.02 Å². The highest BCUT2D eigenvalue weighted by atomic mass is 35.5. The zero-order chi connectivity index (χ0) is 21.3. The van der Waals surface area contributed by atoms with Crippen molar-refractivity contribution in [2.24, 2.45) is 11.8 Å². The second-order valence-electron chi connectivity index (χ2n) is 7.14. The minimum absolute atomic E-state index is 0.00349. The van der Waals surface area contributed by atoms with E-state index >= 15 is 0 Å². The van der Waals surface area contributed by atoms with Gasteiger partial charge in [-0.2, -0.15) is 0 Å². The summed E-state index contributed by atoms with van der Waals surface area (Å²) in [5.41, 5.74) is -1.64. The molecule has 1 aromatic rings. The van der Waals surface area contributed by atoms with E-state index in [4.69, 9.17) is 18.0 Å². The van der Waals surface area contributed by atoms with Gasteiger partial charge in [0, 0.05) is 5.69 Å². The van der Waals surface area contributed by atoms with Gasteiger partial charge in [-0.05, 0) is 55.2 Å². The first kappa shape index (κ1) is 21.9. The fourth-order valence-electron chi connectivity index (χ4n) is 4.00. The lowest BCUT2D eigenvalue weighted by Gasteiger charge is -2.46. The molecule has 28 heavy (non-hydrogen) atoms. The molecule has 152 valence electrons. The van der Waals surface area contributed by atoms with E-state index in [1.165, 1.54) is 0 Å². The van der Waals surface area contributed by atoms with Crippen LogP contribution in [0.3, 0.4) is 0 Å². The number of halogens is 4. The molecule has 0 saturated heterocycles. The summed E-state index contributed by atoms with van der Waals surface area (Å²) in [5, 5.41) is 9.58. The van der Waals surface area contributed by atoms with E-state index in [1.54, 1.807) is 0 Å². The Hall–Kier alpha value is -2.40. The lowest BCUT2D eigenvalue weighted by Crippen LogP contribution is -2.60. The summed E-state index contributed by atoms with van der Waals surface area (Å²) in [6, 6.07) is 3.11. The van der Waals surface area contributed by atoms with Crippen molar-refractivity contribution in [3.05, 3.63) is 23.2 Å². The Morgan fingerprint density at radius 2 is 1.89 bits per heavy atom. The molecule has 1 amide bonds. The van der Waals surface area contributed by atoms with Gasteiger partial charge in [-0.15, -0.1) is 19.6 Å². The number of carboxylic acids is 1. The second kappa shape index (κ2) is 7.92. The number of aliphatic carboxylic acids is 1. The molecule has 0 bridgehead atoms. The van der Waals surface area contributed by atoms with Crippen LogP contribution in [-0.2, 0) is 9.59 Å². The maximum Gasteiger partial charge on any atom is 0.573 e. The molecule has 0 spiro atoms. The maximum absolute atomic E-state index is 12.5. The molecule has 2 atom stereocenters. The number of ether oxygens (including phenoxy) is 1. The molecule has 1 aliphatic carbocycles. The van der Waals surface area contributed by atoms with E-state index in [0.29, 0.717) is 0 Å². The number of carbonyl (C=O) groups excluding carboxylic acids is 1. The Bertz CT molecular complexity index is 808. The Labute approximate surface area is 165 Å². The van der Waals surface area contributed by atoms with E-state index in [1.807, 2.05) is 19.8 Å². The van der Waals surface area contributed by atoms with Crippen LogP contribution in [0.15, 0.2) is 18.2 Å². The summed E-state index contributed by atoms with van der Waals surface area (Å²) in [6.45, 7) is 3.75. The van der Waals surface area contributed by atoms with E-state index in [2.05, 4.69) is 4.74 Å². The monoisotopic (exact) mass is 417 g/mol. The highest BCUT2D eigenvalue weighted by molar-refractivity contribution is 6.32. The summed E-state index contributed by atoms with van der Waals surface area (Å²) in [6.07, 6.45) is 1.39. The van der Waals surface area contributed by atoms with Crippen LogP contribution in [0, 0.1) is 24.2 Å². The standard InChI is InChI=1S/C19H19ClF3NO4/c1-4-16(25)24(18(17(26)27)9-11(2)7-12(3)10-18)13-5-6-15(14(20)8-13)28-19(21,22)23/h1,5-6,8,11-12H,7,9-10H2,2-3H3,(H,26,27). The van der Waals surface area contributed by atoms with Crippen molar-refractivity contribution >= 4 is 29.2 Å². The number of benzene rings is 1. The van der Waals surface area contributed by atoms with Crippen molar-refractivity contribution in [3.63, 3.8) is 0 Å². The highest BCUT2D eigenvalue weighted by Crippen LogP contribution is 2.44. The predicted molar refractivity (Wildman–Crippen MR) is 97.0 cm³/mol. The van der Waals surface area contributed by atoms with Gasteiger partial charge in [0.15, 0.2) is 0 Å². The van der Waals surface area contributed by atoms with Gasteiger partial charge < -0.3 is 9.84 Å².